The largest absolute Gasteiger partial charge is 0.457 e. The zero-order chi connectivity index (χ0) is 24.5. The van der Waals surface area contributed by atoms with Crippen molar-refractivity contribution in [1.29, 1.82) is 0 Å². The number of aliphatic hydroxyl groups excluding tert-OH is 1. The van der Waals surface area contributed by atoms with Crippen LogP contribution in [0.25, 0.3) is 0 Å². The summed E-state index contributed by atoms with van der Waals surface area (Å²) in [6.07, 6.45) is 3.07. The van der Waals surface area contributed by atoms with Gasteiger partial charge in [0.05, 0.1) is 17.9 Å². The lowest BCUT2D eigenvalue weighted by atomic mass is 9.79. The third-order valence-electron chi connectivity index (χ3n) is 5.81. The Labute approximate surface area is 187 Å². The molecule has 0 bridgehead atoms. The molecule has 0 spiro atoms. The normalized spacial score (nSPS) is 18.4. The first kappa shape index (κ1) is 28.9. The summed E-state index contributed by atoms with van der Waals surface area (Å²) >= 11 is 0. The van der Waals surface area contributed by atoms with E-state index in [1.54, 1.807) is 27.7 Å². The van der Waals surface area contributed by atoms with Gasteiger partial charge in [-0.3, -0.25) is 19.2 Å². The first-order valence-electron chi connectivity index (χ1n) is 11.1. The number of ketones is 3. The van der Waals surface area contributed by atoms with Gasteiger partial charge < -0.3 is 9.84 Å². The molecule has 6 heteroatoms. The highest BCUT2D eigenvalue weighted by atomic mass is 16.5. The highest BCUT2D eigenvalue weighted by Crippen LogP contribution is 2.26. The van der Waals surface area contributed by atoms with Crippen LogP contribution in [0.4, 0.5) is 0 Å². The van der Waals surface area contributed by atoms with Gasteiger partial charge in [-0.05, 0) is 32.8 Å². The molecule has 31 heavy (non-hydrogen) atoms. The highest BCUT2D eigenvalue weighted by Gasteiger charge is 2.38. The molecule has 0 fully saturated rings. The van der Waals surface area contributed by atoms with Gasteiger partial charge in [-0.25, -0.2) is 0 Å². The van der Waals surface area contributed by atoms with Crippen molar-refractivity contribution in [2.24, 2.45) is 23.7 Å². The average molecular weight is 437 g/mol. The molecule has 0 saturated heterocycles. The Morgan fingerprint density at radius 2 is 1.39 bits per heavy atom. The molecule has 0 amide bonds. The molecule has 0 aliphatic heterocycles. The Balaban J connectivity index is 5.65. The molecule has 0 aromatic carbocycles. The third kappa shape index (κ3) is 8.52. The van der Waals surface area contributed by atoms with E-state index < -0.39 is 47.6 Å². The van der Waals surface area contributed by atoms with Crippen LogP contribution in [0, 0.1) is 23.7 Å². The van der Waals surface area contributed by atoms with E-state index in [2.05, 4.69) is 0 Å². The zero-order valence-electron chi connectivity index (χ0n) is 20.5. The lowest BCUT2D eigenvalue weighted by Crippen LogP contribution is -2.42. The van der Waals surface area contributed by atoms with Crippen molar-refractivity contribution < 1.29 is 29.0 Å². The Hall–Kier alpha value is -2.08. The van der Waals surface area contributed by atoms with E-state index in [4.69, 9.17) is 4.74 Å². The summed E-state index contributed by atoms with van der Waals surface area (Å²) in [6, 6.07) is 0. The van der Waals surface area contributed by atoms with E-state index in [1.807, 2.05) is 26.0 Å². The van der Waals surface area contributed by atoms with Gasteiger partial charge in [0.1, 0.15) is 23.5 Å². The smallest absolute Gasteiger partial charge is 0.303 e. The standard InChI is InChI=1S/C25H40O6/c1-10-12-14(3)13-15(4)25(31-20(9)26)19(8)24(30)18(7)23(29)17(6)22(28)16(5)21(27)11-2/h12-13,16-19,22,25,28H,10-11H2,1-9H3/b14-12+,15-13+/t16-,17-,18?,19-,22-,25+/m0/s1. The Kier molecular flexibility index (Phi) is 12.5. The minimum atomic E-state index is -1.15. The Morgan fingerprint density at radius 1 is 0.871 bits per heavy atom. The molecule has 0 aliphatic rings. The lowest BCUT2D eigenvalue weighted by molar-refractivity contribution is -0.149. The minimum absolute atomic E-state index is 0.134. The molecule has 1 unspecified atom stereocenters. The van der Waals surface area contributed by atoms with Gasteiger partial charge in [0, 0.05) is 25.2 Å². The maximum atomic E-state index is 13.1. The van der Waals surface area contributed by atoms with E-state index in [0.29, 0.717) is 5.57 Å². The van der Waals surface area contributed by atoms with Crippen LogP contribution in [0.1, 0.15) is 75.2 Å². The van der Waals surface area contributed by atoms with Crippen molar-refractivity contribution in [2.75, 3.05) is 0 Å². The second kappa shape index (κ2) is 13.4. The first-order valence-corrected chi connectivity index (χ1v) is 11.1. The second-order valence-electron chi connectivity index (χ2n) is 8.48. The van der Waals surface area contributed by atoms with Crippen LogP contribution < -0.4 is 0 Å². The number of carbonyl (C=O) groups is 4. The number of aliphatic hydroxyl groups is 1. The molecule has 6 atom stereocenters. The van der Waals surface area contributed by atoms with Gasteiger partial charge in [0.25, 0.3) is 0 Å². The molecule has 0 radical (unpaired) electrons. The minimum Gasteiger partial charge on any atom is -0.457 e. The fraction of sp³-hybridized carbons (Fsp3) is 0.680. The number of ether oxygens (including phenoxy) is 1. The summed E-state index contributed by atoms with van der Waals surface area (Å²) in [5.74, 6) is -4.73. The summed E-state index contributed by atoms with van der Waals surface area (Å²) in [6.45, 7) is 15.0. The van der Waals surface area contributed by atoms with E-state index in [1.165, 1.54) is 20.8 Å². The molecular formula is C25H40O6. The molecule has 0 aromatic rings. The number of esters is 1. The number of carbonyl (C=O) groups excluding carboxylic acids is 4. The number of allylic oxidation sites excluding steroid dienone is 3. The third-order valence-corrected chi connectivity index (χ3v) is 5.81. The van der Waals surface area contributed by atoms with Gasteiger partial charge >= 0.3 is 5.97 Å². The van der Waals surface area contributed by atoms with E-state index >= 15 is 0 Å². The Bertz CT molecular complexity index is 718. The predicted molar refractivity (Wildman–Crippen MR) is 121 cm³/mol. The van der Waals surface area contributed by atoms with Crippen molar-refractivity contribution in [2.45, 2.75) is 87.4 Å². The summed E-state index contributed by atoms with van der Waals surface area (Å²) in [5, 5.41) is 10.5. The average Bonchev–Trinajstić information content (AvgIpc) is 2.72. The maximum Gasteiger partial charge on any atom is 0.303 e. The summed E-state index contributed by atoms with van der Waals surface area (Å²) < 4.78 is 5.44. The van der Waals surface area contributed by atoms with E-state index in [0.717, 1.165) is 12.0 Å². The SMILES string of the molecule is CC/C=C(C)/C=C(\C)[C@@H](OC(C)=O)[C@@H](C)C(=O)C(C)C(=O)[C@@H](C)[C@@H](O)[C@@H](C)C(=O)CC. The fourth-order valence-electron chi connectivity index (χ4n) is 3.78. The molecule has 1 N–H and O–H groups in total. The van der Waals surface area contributed by atoms with Gasteiger partial charge in [0.2, 0.25) is 0 Å². The van der Waals surface area contributed by atoms with Crippen LogP contribution in [0.2, 0.25) is 0 Å². The van der Waals surface area contributed by atoms with Crippen molar-refractivity contribution in [3.63, 3.8) is 0 Å². The van der Waals surface area contributed by atoms with Crippen LogP contribution in [0.15, 0.2) is 23.3 Å². The number of hydrogen-bond acceptors (Lipinski definition) is 6. The van der Waals surface area contributed by atoms with Crippen LogP contribution in [0.5, 0.6) is 0 Å². The van der Waals surface area contributed by atoms with Gasteiger partial charge in [-0.15, -0.1) is 0 Å². The van der Waals surface area contributed by atoms with Crippen LogP contribution in [-0.2, 0) is 23.9 Å². The number of Topliss-reactive ketones (excluding diaryl/α,β-unsaturated/α-hetero) is 3. The van der Waals surface area contributed by atoms with Crippen LogP contribution in [-0.4, -0.2) is 40.6 Å². The predicted octanol–water partition coefficient (Wildman–Crippen LogP) is 4.24. The van der Waals surface area contributed by atoms with Crippen molar-refractivity contribution >= 4 is 23.3 Å². The molecular weight excluding hydrogens is 396 g/mol. The topological polar surface area (TPSA) is 97.7 Å². The fourth-order valence-corrected chi connectivity index (χ4v) is 3.78. The molecule has 0 rings (SSSR count). The number of rotatable bonds is 13. The van der Waals surface area contributed by atoms with Gasteiger partial charge in [-0.2, -0.15) is 0 Å². The Morgan fingerprint density at radius 3 is 1.84 bits per heavy atom. The summed E-state index contributed by atoms with van der Waals surface area (Å²) in [5.41, 5.74) is 1.71. The van der Waals surface area contributed by atoms with Crippen LogP contribution >= 0.6 is 0 Å². The molecule has 176 valence electrons. The van der Waals surface area contributed by atoms with Crippen molar-refractivity contribution in [3.8, 4) is 0 Å². The molecule has 0 aromatic heterocycles. The van der Waals surface area contributed by atoms with Crippen molar-refractivity contribution in [1.82, 2.24) is 0 Å². The van der Waals surface area contributed by atoms with Crippen molar-refractivity contribution in [3.05, 3.63) is 23.3 Å². The van der Waals surface area contributed by atoms with Crippen LogP contribution in [0.3, 0.4) is 0 Å². The molecule has 0 heterocycles. The number of hydrogen-bond donors (Lipinski definition) is 1. The first-order chi connectivity index (χ1) is 14.3. The summed E-state index contributed by atoms with van der Waals surface area (Å²) in [4.78, 5) is 49.6. The maximum absolute atomic E-state index is 13.1. The van der Waals surface area contributed by atoms with E-state index in [-0.39, 0.29) is 18.0 Å². The quantitative estimate of drug-likeness (QED) is 0.263. The zero-order valence-corrected chi connectivity index (χ0v) is 20.5. The lowest BCUT2D eigenvalue weighted by Gasteiger charge is -2.28. The second-order valence-corrected chi connectivity index (χ2v) is 8.48. The van der Waals surface area contributed by atoms with Gasteiger partial charge in [-0.1, -0.05) is 52.3 Å². The highest BCUT2D eigenvalue weighted by molar-refractivity contribution is 6.04. The van der Waals surface area contributed by atoms with E-state index in [9.17, 15) is 24.3 Å². The molecule has 6 nitrogen and oxygen atoms in total. The van der Waals surface area contributed by atoms with Gasteiger partial charge in [0.15, 0.2) is 0 Å². The summed E-state index contributed by atoms with van der Waals surface area (Å²) in [7, 11) is 0. The molecule has 0 saturated carbocycles. The molecule has 0 aliphatic carbocycles. The monoisotopic (exact) mass is 436 g/mol.